The van der Waals surface area contributed by atoms with E-state index in [0.29, 0.717) is 6.41 Å². The van der Waals surface area contributed by atoms with Crippen LogP contribution in [0.3, 0.4) is 0 Å². The topological polar surface area (TPSA) is 131 Å². The number of carbonyl (C=O) groups excluding carboxylic acids is 1. The van der Waals surface area contributed by atoms with E-state index in [1.54, 1.807) is 0 Å². The maximum absolute atomic E-state index is 10.8. The molecule has 0 saturated heterocycles. The third-order valence-electron chi connectivity index (χ3n) is 1.18. The van der Waals surface area contributed by atoms with Crippen molar-refractivity contribution in [2.45, 2.75) is 0 Å². The second-order valence-electron chi connectivity index (χ2n) is 2.16. The molecule has 0 aromatic heterocycles. The number of carbonyl (C=O) groups is 1. The van der Waals surface area contributed by atoms with Crippen molar-refractivity contribution < 1.29 is 13.2 Å². The van der Waals surface area contributed by atoms with Gasteiger partial charge in [0.15, 0.2) is 0 Å². The molecule has 1 amide bonds. The van der Waals surface area contributed by atoms with Crippen LogP contribution in [0.15, 0.2) is 17.0 Å². The lowest BCUT2D eigenvalue weighted by atomic mass is 10.5. The average Bonchev–Trinajstić information content (AvgIpc) is 2.01. The van der Waals surface area contributed by atoms with Crippen LogP contribution in [-0.4, -0.2) is 24.9 Å². The summed E-state index contributed by atoms with van der Waals surface area (Å²) in [4.78, 5) is 10.2. The van der Waals surface area contributed by atoms with E-state index in [1.807, 2.05) is 0 Å². The number of hydrazone groups is 1. The van der Waals surface area contributed by atoms with Gasteiger partial charge in [-0.05, 0) is 0 Å². The Balaban J connectivity index is 3.03. The van der Waals surface area contributed by atoms with Gasteiger partial charge in [-0.1, -0.05) is 0 Å². The molecule has 0 aromatic rings. The summed E-state index contributed by atoms with van der Waals surface area (Å²) in [7, 11) is -3.96. The molecule has 1 heterocycles. The molecule has 8 nitrogen and oxygen atoms in total. The van der Waals surface area contributed by atoms with E-state index >= 15 is 0 Å². The largest absolute Gasteiger partial charge is 0.395 e. The Morgan fingerprint density at radius 2 is 2.23 bits per heavy atom. The zero-order valence-corrected chi connectivity index (χ0v) is 7.15. The molecule has 0 unspecified atom stereocenters. The fraction of sp³-hybridized carbons (Fsp3) is 0. The molecule has 5 N–H and O–H groups in total. The minimum Gasteiger partial charge on any atom is -0.395 e. The molecule has 0 fully saturated rings. The molecule has 72 valence electrons. The van der Waals surface area contributed by atoms with Crippen LogP contribution >= 0.6 is 0 Å². The summed E-state index contributed by atoms with van der Waals surface area (Å²) in [6, 6.07) is 0. The maximum atomic E-state index is 10.8. The zero-order valence-electron chi connectivity index (χ0n) is 6.34. The highest BCUT2D eigenvalue weighted by atomic mass is 32.2. The Labute approximate surface area is 73.9 Å². The molecule has 1 rings (SSSR count). The highest BCUT2D eigenvalue weighted by Crippen LogP contribution is 2.01. The van der Waals surface area contributed by atoms with E-state index in [-0.39, 0.29) is 5.70 Å². The summed E-state index contributed by atoms with van der Waals surface area (Å²) < 4.78 is 21.5. The summed E-state index contributed by atoms with van der Waals surface area (Å²) in [6.07, 6.45) is 1.43. The van der Waals surface area contributed by atoms with Crippen molar-refractivity contribution in [3.8, 4) is 0 Å². The quantitative estimate of drug-likeness (QED) is 0.403. The number of nitrogens with one attached hydrogen (secondary N) is 1. The molecule has 0 saturated carbocycles. The SMILES string of the molecule is NC1=CN(C=O)NN=C1S(N)(=O)=O. The van der Waals surface area contributed by atoms with Gasteiger partial charge in [0.1, 0.15) is 0 Å². The molecule has 9 heteroatoms. The van der Waals surface area contributed by atoms with Gasteiger partial charge in [-0.25, -0.2) is 24.1 Å². The summed E-state index contributed by atoms with van der Waals surface area (Å²) in [5.74, 6) is 0. The molecular weight excluding hydrogens is 198 g/mol. The number of nitrogens with two attached hydrogens (primary N) is 2. The van der Waals surface area contributed by atoms with Gasteiger partial charge in [0, 0.05) is 0 Å². The number of sulfonamides is 1. The van der Waals surface area contributed by atoms with E-state index in [1.165, 1.54) is 0 Å². The van der Waals surface area contributed by atoms with E-state index in [0.717, 1.165) is 11.2 Å². The number of nitrogens with zero attached hydrogens (tertiary/aromatic N) is 2. The van der Waals surface area contributed by atoms with Gasteiger partial charge in [-0.2, -0.15) is 0 Å². The fourth-order valence-electron chi connectivity index (χ4n) is 0.684. The van der Waals surface area contributed by atoms with E-state index in [9.17, 15) is 13.2 Å². The van der Waals surface area contributed by atoms with Crippen molar-refractivity contribution in [1.82, 2.24) is 10.5 Å². The molecule has 1 aliphatic heterocycles. The monoisotopic (exact) mass is 205 g/mol. The van der Waals surface area contributed by atoms with Crippen molar-refractivity contribution in [3.63, 3.8) is 0 Å². The molecule has 0 aromatic carbocycles. The Morgan fingerprint density at radius 1 is 1.62 bits per heavy atom. The van der Waals surface area contributed by atoms with Crippen LogP contribution in [0.2, 0.25) is 0 Å². The standard InChI is InChI=1S/C4H7N5O3S/c5-3-1-9(2-10)8-7-4(3)13(6,11)12/h1-2,8H,5H2,(H2,6,11,12). The zero-order chi connectivity index (χ0) is 10.1. The van der Waals surface area contributed by atoms with Gasteiger partial charge < -0.3 is 5.73 Å². The van der Waals surface area contributed by atoms with E-state index in [4.69, 9.17) is 10.9 Å². The first-order chi connectivity index (χ1) is 5.95. The number of hydrogen-bond donors (Lipinski definition) is 3. The first kappa shape index (κ1) is 9.48. The number of hydrazine groups is 1. The van der Waals surface area contributed by atoms with E-state index in [2.05, 4.69) is 10.6 Å². The molecule has 1 aliphatic rings. The van der Waals surface area contributed by atoms with Crippen molar-refractivity contribution in [2.75, 3.05) is 0 Å². The van der Waals surface area contributed by atoms with Crippen LogP contribution < -0.4 is 16.4 Å². The second-order valence-corrected chi connectivity index (χ2v) is 3.64. The lowest BCUT2D eigenvalue weighted by Gasteiger charge is -2.17. The maximum Gasteiger partial charge on any atom is 0.259 e. The van der Waals surface area contributed by atoms with Crippen LogP contribution in [0.5, 0.6) is 0 Å². The molecule has 0 spiro atoms. The Hall–Kier alpha value is -1.61. The van der Waals surface area contributed by atoms with Gasteiger partial charge in [0.2, 0.25) is 11.5 Å². The van der Waals surface area contributed by atoms with E-state index < -0.39 is 15.1 Å². The minimum absolute atomic E-state index is 0.201. The normalized spacial score (nSPS) is 17.2. The van der Waals surface area contributed by atoms with Crippen LogP contribution in [0.25, 0.3) is 0 Å². The summed E-state index contributed by atoms with van der Waals surface area (Å²) in [5.41, 5.74) is 7.15. The van der Waals surface area contributed by atoms with Crippen LogP contribution in [-0.2, 0) is 14.8 Å². The first-order valence-corrected chi connectivity index (χ1v) is 4.57. The molecule has 13 heavy (non-hydrogen) atoms. The van der Waals surface area contributed by atoms with Gasteiger partial charge >= 0.3 is 0 Å². The number of rotatable bonds is 1. The predicted molar refractivity (Wildman–Crippen MR) is 43.9 cm³/mol. The Bertz CT molecular complexity index is 383. The minimum atomic E-state index is -3.96. The van der Waals surface area contributed by atoms with Gasteiger partial charge in [-0.3, -0.25) is 4.79 Å². The number of primary sulfonamides is 1. The van der Waals surface area contributed by atoms with Crippen molar-refractivity contribution in [2.24, 2.45) is 16.0 Å². The van der Waals surface area contributed by atoms with Gasteiger partial charge in [-0.15, -0.1) is 5.10 Å². The molecule has 0 atom stereocenters. The lowest BCUT2D eigenvalue weighted by Crippen LogP contribution is -2.40. The average molecular weight is 205 g/mol. The van der Waals surface area contributed by atoms with Crippen molar-refractivity contribution in [1.29, 1.82) is 0 Å². The summed E-state index contributed by atoms with van der Waals surface area (Å²) in [5, 5.41) is 8.41. The van der Waals surface area contributed by atoms with Crippen LogP contribution in [0.1, 0.15) is 0 Å². The second kappa shape index (κ2) is 3.03. The molecule has 0 aliphatic carbocycles. The van der Waals surface area contributed by atoms with Crippen LogP contribution in [0.4, 0.5) is 0 Å². The van der Waals surface area contributed by atoms with Gasteiger partial charge in [0.25, 0.3) is 10.0 Å². The van der Waals surface area contributed by atoms with Crippen molar-refractivity contribution in [3.05, 3.63) is 11.9 Å². The van der Waals surface area contributed by atoms with Gasteiger partial charge in [0.05, 0.1) is 11.9 Å². The summed E-state index contributed by atoms with van der Waals surface area (Å²) in [6.45, 7) is 0. The summed E-state index contributed by atoms with van der Waals surface area (Å²) >= 11 is 0. The first-order valence-electron chi connectivity index (χ1n) is 3.02. The molecule has 0 radical (unpaired) electrons. The smallest absolute Gasteiger partial charge is 0.259 e. The van der Waals surface area contributed by atoms with Crippen LogP contribution in [0, 0.1) is 0 Å². The Kier molecular flexibility index (Phi) is 2.21. The number of hydrogen-bond acceptors (Lipinski definition) is 6. The highest BCUT2D eigenvalue weighted by molar-refractivity contribution is 8.05. The number of amides is 1. The molecule has 0 bridgehead atoms. The predicted octanol–water partition coefficient (Wildman–Crippen LogP) is -2.63. The molecular formula is C4H7N5O3S. The third kappa shape index (κ3) is 1.95. The highest BCUT2D eigenvalue weighted by Gasteiger charge is 2.21. The Morgan fingerprint density at radius 3 is 2.62 bits per heavy atom. The van der Waals surface area contributed by atoms with Crippen molar-refractivity contribution >= 4 is 21.5 Å². The fourth-order valence-corrected chi connectivity index (χ4v) is 1.23. The third-order valence-corrected chi connectivity index (χ3v) is 2.04. The lowest BCUT2D eigenvalue weighted by molar-refractivity contribution is -0.118.